The maximum absolute atomic E-state index is 14.2. The Hall–Kier alpha value is -2.34. The van der Waals surface area contributed by atoms with Crippen molar-refractivity contribution in [2.45, 2.75) is 23.3 Å². The summed E-state index contributed by atoms with van der Waals surface area (Å²) in [5.74, 6) is -14.8. The van der Waals surface area contributed by atoms with Crippen molar-refractivity contribution in [3.05, 3.63) is 78.2 Å². The average Bonchev–Trinajstić information content (AvgIpc) is 2.76. The second kappa shape index (κ2) is 8.95. The second-order valence-electron chi connectivity index (χ2n) is 6.66. The van der Waals surface area contributed by atoms with E-state index in [4.69, 9.17) is 4.42 Å². The molecule has 0 unspecified atom stereocenters. The van der Waals surface area contributed by atoms with Gasteiger partial charge < -0.3 is 0 Å². The van der Waals surface area contributed by atoms with Crippen molar-refractivity contribution in [2.75, 3.05) is 0 Å². The molecule has 3 rings (SSSR count). The van der Waals surface area contributed by atoms with Crippen LogP contribution in [0.1, 0.15) is 0 Å². The van der Waals surface area contributed by atoms with Crippen molar-refractivity contribution < 1.29 is 54.9 Å². The summed E-state index contributed by atoms with van der Waals surface area (Å²) in [5.41, 5.74) is -1.04. The zero-order chi connectivity index (χ0) is 26.4. The Morgan fingerprint density at radius 1 is 0.743 bits per heavy atom. The Morgan fingerprint density at radius 3 is 1.89 bits per heavy atom. The fourth-order valence-electron chi connectivity index (χ4n) is 2.51. The number of fused-ring (bicyclic) bond motifs is 1. The molecule has 0 saturated carbocycles. The molecule has 0 saturated heterocycles. The molecule has 0 aliphatic heterocycles. The topological polar surface area (TPSA) is 73.6 Å². The minimum atomic E-state index is -7.42. The van der Waals surface area contributed by atoms with Gasteiger partial charge in [0.25, 0.3) is 0 Å². The molecule has 0 amide bonds. The molecule has 5 nitrogen and oxygen atoms in total. The number of rotatable bonds is 7. The number of alkyl halides is 9. The molecule has 3 aromatic rings. The van der Waals surface area contributed by atoms with Crippen LogP contribution in [0.15, 0.2) is 69.9 Å². The van der Waals surface area contributed by atoms with E-state index in [1.807, 2.05) is 0 Å². The van der Waals surface area contributed by atoms with Crippen LogP contribution in [-0.4, -0.2) is 31.7 Å². The van der Waals surface area contributed by atoms with E-state index >= 15 is 0 Å². The van der Waals surface area contributed by atoms with Crippen molar-refractivity contribution in [2.24, 2.45) is 0 Å². The molecule has 0 radical (unpaired) electrons. The number of hydrogen-bond acceptors (Lipinski definition) is 5. The molecule has 35 heavy (non-hydrogen) atoms. The minimum absolute atomic E-state index is 0.139. The molecule has 1 aromatic heterocycles. The average molecular weight is 648 g/mol. The van der Waals surface area contributed by atoms with Crippen LogP contribution >= 0.6 is 20.2 Å². The molecule has 0 spiro atoms. The summed E-state index contributed by atoms with van der Waals surface area (Å²) in [6, 6.07) is 11.9. The van der Waals surface area contributed by atoms with Crippen LogP contribution in [0.4, 0.5) is 39.5 Å². The number of benzene rings is 2. The quantitative estimate of drug-likeness (QED) is 0.178. The molecule has 0 N–H and O–H groups in total. The van der Waals surface area contributed by atoms with Gasteiger partial charge in [-0.25, -0.2) is 0 Å². The Kier molecular flexibility index (Phi) is 6.97. The van der Waals surface area contributed by atoms with Crippen LogP contribution in [-0.2, 0) is 12.6 Å². The molecule has 16 heteroatoms. The van der Waals surface area contributed by atoms with Gasteiger partial charge in [-0.3, -0.25) is 0 Å². The van der Waals surface area contributed by atoms with Crippen molar-refractivity contribution in [1.82, 2.24) is 0 Å². The molecule has 2 aromatic carbocycles. The Labute approximate surface area is 197 Å². The van der Waals surface area contributed by atoms with Gasteiger partial charge >= 0.3 is 198 Å². The van der Waals surface area contributed by atoms with Gasteiger partial charge in [0, 0.05) is 0 Å². The van der Waals surface area contributed by atoms with E-state index in [1.165, 1.54) is 30.3 Å². The third-order valence-corrected chi connectivity index (χ3v) is 11.6. The molecular weight excluding hydrogens is 638 g/mol. The van der Waals surface area contributed by atoms with Gasteiger partial charge in [-0.2, -0.15) is 0 Å². The first-order chi connectivity index (χ1) is 15.9. The molecule has 0 bridgehead atoms. The van der Waals surface area contributed by atoms with E-state index in [9.17, 15) is 52.7 Å². The van der Waals surface area contributed by atoms with Crippen LogP contribution in [0, 0.1) is 7.14 Å². The monoisotopic (exact) mass is 648 g/mol. The molecule has 0 aliphatic carbocycles. The molecule has 0 fully saturated rings. The van der Waals surface area contributed by atoms with Gasteiger partial charge in [-0.05, 0) is 0 Å². The van der Waals surface area contributed by atoms with E-state index in [-0.39, 0.29) is 18.1 Å². The summed E-state index contributed by atoms with van der Waals surface area (Å²) >= 11 is -4.29. The van der Waals surface area contributed by atoms with E-state index in [0.29, 0.717) is 0 Å². The first kappa shape index (κ1) is 27.3. The third-order valence-electron chi connectivity index (χ3n) is 4.29. The van der Waals surface area contributed by atoms with Crippen molar-refractivity contribution >= 4 is 41.3 Å². The van der Waals surface area contributed by atoms with Crippen molar-refractivity contribution in [3.8, 4) is 0 Å². The zero-order valence-corrected chi connectivity index (χ0v) is 19.5. The summed E-state index contributed by atoms with van der Waals surface area (Å²) in [6.07, 6.45) is -7.21. The Bertz CT molecular complexity index is 1390. The van der Waals surface area contributed by atoms with Gasteiger partial charge in [0.2, 0.25) is 0 Å². The zero-order valence-electron chi connectivity index (χ0n) is 16.5. The van der Waals surface area contributed by atoms with Crippen LogP contribution < -0.4 is 5.63 Å². The maximum atomic E-state index is 14.2. The SMILES string of the molecule is O=c1ccc2ccc(I(OS(=O)(=O)C(F)(F)C(F)(F)C(F)(F)C(F)(F)F)c3ccccc3)cc2o1. The van der Waals surface area contributed by atoms with E-state index in [1.54, 1.807) is 0 Å². The fourth-order valence-corrected chi connectivity index (χ4v) is 9.54. The van der Waals surface area contributed by atoms with Crippen LogP contribution in [0.3, 0.4) is 0 Å². The molecule has 0 aliphatic rings. The first-order valence-electron chi connectivity index (χ1n) is 8.86. The summed E-state index contributed by atoms with van der Waals surface area (Å²) in [7, 11) is -7.10. The van der Waals surface area contributed by atoms with Gasteiger partial charge in [-0.1, -0.05) is 0 Å². The van der Waals surface area contributed by atoms with Crippen LogP contribution in [0.5, 0.6) is 0 Å². The summed E-state index contributed by atoms with van der Waals surface area (Å²) < 4.78 is 153. The fraction of sp³-hybridized carbons (Fsp3) is 0.211. The number of hydrogen-bond donors (Lipinski definition) is 0. The molecule has 192 valence electrons. The van der Waals surface area contributed by atoms with Crippen molar-refractivity contribution in [3.63, 3.8) is 0 Å². The van der Waals surface area contributed by atoms with Gasteiger partial charge in [0.1, 0.15) is 0 Å². The summed E-state index contributed by atoms with van der Waals surface area (Å²) in [4.78, 5) is 11.5. The Balaban J connectivity index is 2.14. The standard InChI is InChI=1S/C19H10F9IO5S/c20-16(21,18(24,25)26)17(22,23)19(27,28)35(31,32)34-29(12-4-2-1-3-5-12)13-8-6-11-7-9-15(30)33-14(11)10-13/h1-10H. The van der Waals surface area contributed by atoms with Crippen LogP contribution in [0.2, 0.25) is 0 Å². The summed E-state index contributed by atoms with van der Waals surface area (Å²) in [5, 5.41) is -6.71. The van der Waals surface area contributed by atoms with E-state index < -0.39 is 59.3 Å². The predicted molar refractivity (Wildman–Crippen MR) is 111 cm³/mol. The predicted octanol–water partition coefficient (Wildman–Crippen LogP) is 6.03. The van der Waals surface area contributed by atoms with Gasteiger partial charge in [-0.15, -0.1) is 0 Å². The summed E-state index contributed by atoms with van der Waals surface area (Å²) in [6.45, 7) is 0. The molecular formula is C19H10F9IO5S. The first-order valence-corrected chi connectivity index (χ1v) is 13.3. The van der Waals surface area contributed by atoms with Gasteiger partial charge in [0.05, 0.1) is 0 Å². The third kappa shape index (κ3) is 4.74. The second-order valence-corrected chi connectivity index (χ2v) is 13.2. The molecule has 0 atom stereocenters. The normalized spacial score (nSPS) is 14.3. The van der Waals surface area contributed by atoms with Crippen LogP contribution in [0.25, 0.3) is 11.0 Å². The van der Waals surface area contributed by atoms with E-state index in [0.717, 1.165) is 30.3 Å². The van der Waals surface area contributed by atoms with E-state index in [2.05, 4.69) is 2.51 Å². The number of halogens is 10. The van der Waals surface area contributed by atoms with Gasteiger partial charge in [0.15, 0.2) is 0 Å². The molecule has 1 heterocycles. The van der Waals surface area contributed by atoms with Crippen molar-refractivity contribution in [1.29, 1.82) is 0 Å². The Morgan fingerprint density at radius 2 is 1.31 bits per heavy atom.